The number of amides is 2. The molecular weight excluding hydrogens is 489 g/mol. The number of nitrogens with zero attached hydrogens (tertiary/aromatic N) is 1. The molecule has 2 heterocycles. The Morgan fingerprint density at radius 3 is 2.17 bits per heavy atom. The Balaban J connectivity index is 0.000000540. The maximum Gasteiger partial charge on any atom is 0.490 e. The van der Waals surface area contributed by atoms with Crippen LogP contribution in [0.5, 0.6) is 0 Å². The molecule has 2 aliphatic rings. The number of esters is 1. The number of fused-ring (bicyclic) bond motifs is 1. The van der Waals surface area contributed by atoms with E-state index < -0.39 is 41.5 Å². The lowest BCUT2D eigenvalue weighted by molar-refractivity contribution is -0.192. The van der Waals surface area contributed by atoms with Gasteiger partial charge in [0.15, 0.2) is 0 Å². The normalized spacial score (nSPS) is 26.6. The smallest absolute Gasteiger partial charge is 0.475 e. The van der Waals surface area contributed by atoms with Crippen molar-refractivity contribution >= 4 is 35.5 Å². The fraction of sp³-hybridized carbons (Fsp3) is 0.565. The molecule has 2 N–H and O–H groups in total. The Morgan fingerprint density at radius 2 is 1.74 bits per heavy atom. The van der Waals surface area contributed by atoms with Crippen molar-refractivity contribution in [2.24, 2.45) is 11.8 Å². The molecule has 5 atom stereocenters. The summed E-state index contributed by atoms with van der Waals surface area (Å²) >= 11 is 1.80. The predicted molar refractivity (Wildman–Crippen MR) is 121 cm³/mol. The van der Waals surface area contributed by atoms with Crippen LogP contribution in [0.1, 0.15) is 45.7 Å². The maximum absolute atomic E-state index is 13.0. The third kappa shape index (κ3) is 5.80. The van der Waals surface area contributed by atoms with E-state index in [1.807, 2.05) is 24.3 Å². The Labute approximate surface area is 205 Å². The zero-order chi connectivity index (χ0) is 26.7. The van der Waals surface area contributed by atoms with Gasteiger partial charge in [-0.2, -0.15) is 13.2 Å². The summed E-state index contributed by atoms with van der Waals surface area (Å²) < 4.78 is 36.7. The van der Waals surface area contributed by atoms with Gasteiger partial charge in [0, 0.05) is 22.7 Å². The van der Waals surface area contributed by atoms with Crippen molar-refractivity contribution in [2.75, 3.05) is 13.7 Å². The summed E-state index contributed by atoms with van der Waals surface area (Å²) in [5.41, 5.74) is -0.333. The number of nitrogens with one attached hydrogen (secondary N) is 1. The van der Waals surface area contributed by atoms with Crippen LogP contribution < -0.4 is 5.32 Å². The average molecular weight is 519 g/mol. The van der Waals surface area contributed by atoms with Crippen LogP contribution in [-0.4, -0.2) is 64.4 Å². The fourth-order valence-electron chi connectivity index (χ4n) is 4.27. The van der Waals surface area contributed by atoms with Crippen LogP contribution in [-0.2, 0) is 23.9 Å². The van der Waals surface area contributed by atoms with Crippen LogP contribution in [0.2, 0.25) is 0 Å². The minimum absolute atomic E-state index is 0.222. The molecule has 0 spiro atoms. The number of carbonyl (C=O) groups is 4. The number of thioether (sulfide) groups is 1. The van der Waals surface area contributed by atoms with Crippen molar-refractivity contribution < 1.29 is 42.2 Å². The molecule has 8 nitrogen and oxygen atoms in total. The zero-order valence-corrected chi connectivity index (χ0v) is 20.8. The number of carbonyl (C=O) groups excluding carboxylic acids is 3. The van der Waals surface area contributed by atoms with Crippen LogP contribution in [0.25, 0.3) is 0 Å². The van der Waals surface area contributed by atoms with Gasteiger partial charge in [-0.05, 0) is 38.0 Å². The second-order valence-corrected chi connectivity index (χ2v) is 9.96. The third-order valence-electron chi connectivity index (χ3n) is 6.20. The zero-order valence-electron chi connectivity index (χ0n) is 20.0. The summed E-state index contributed by atoms with van der Waals surface area (Å²) in [6.45, 7) is 8.08. The number of benzene rings is 1. The van der Waals surface area contributed by atoms with Crippen LogP contribution in [0, 0.1) is 11.8 Å². The van der Waals surface area contributed by atoms with Gasteiger partial charge in [-0.3, -0.25) is 24.6 Å². The predicted octanol–water partition coefficient (Wildman–Crippen LogP) is 3.41. The van der Waals surface area contributed by atoms with Gasteiger partial charge in [0.1, 0.15) is 5.54 Å². The summed E-state index contributed by atoms with van der Waals surface area (Å²) in [7, 11) is 1.30. The molecule has 0 aromatic heterocycles. The number of carboxylic acids is 1. The Hall–Kier alpha value is -2.60. The van der Waals surface area contributed by atoms with Crippen molar-refractivity contribution in [3.63, 3.8) is 0 Å². The summed E-state index contributed by atoms with van der Waals surface area (Å²) in [6.07, 6.45) is -4.00. The maximum atomic E-state index is 13.0. The molecule has 3 rings (SSSR count). The van der Waals surface area contributed by atoms with Crippen LogP contribution >= 0.6 is 11.8 Å². The first-order chi connectivity index (χ1) is 16.2. The standard InChI is InChI=1S/C21H28N2O4S.C2HF3O2/c1-6-12(3)28-14-10-8-13(9-11-14)17-15-16(19(25)23(7-2)18(15)24)21(4,22-17)20(26)27-5;3-2(4,5)1(6)7/h8-12,15-17,22H,6-7H2,1-5H3;(H,6,7)/t12?,15?,16?,17?,21-;/m1./s1. The highest BCUT2D eigenvalue weighted by Gasteiger charge is 2.66. The molecule has 1 aromatic rings. The monoisotopic (exact) mass is 518 g/mol. The summed E-state index contributed by atoms with van der Waals surface area (Å²) in [6, 6.07) is 7.62. The van der Waals surface area contributed by atoms with E-state index in [1.54, 1.807) is 25.6 Å². The number of carboxylic acid groups (broad SMARTS) is 1. The topological polar surface area (TPSA) is 113 Å². The highest BCUT2D eigenvalue weighted by atomic mass is 32.2. The number of alkyl halides is 3. The highest BCUT2D eigenvalue weighted by Crippen LogP contribution is 2.49. The second kappa shape index (κ2) is 11.0. The molecule has 0 bridgehead atoms. The van der Waals surface area contributed by atoms with Crippen molar-refractivity contribution in [3.05, 3.63) is 29.8 Å². The number of imide groups is 1. The fourth-order valence-corrected chi connectivity index (χ4v) is 5.19. The minimum atomic E-state index is -5.08. The van der Waals surface area contributed by atoms with Crippen LogP contribution in [0.15, 0.2) is 29.2 Å². The molecule has 2 fully saturated rings. The molecule has 0 aliphatic carbocycles. The van der Waals surface area contributed by atoms with Crippen molar-refractivity contribution in [3.8, 4) is 0 Å². The summed E-state index contributed by atoms with van der Waals surface area (Å²) in [5, 5.41) is 10.9. The largest absolute Gasteiger partial charge is 0.490 e. The molecule has 2 amide bonds. The van der Waals surface area contributed by atoms with Gasteiger partial charge in [-0.25, -0.2) is 4.79 Å². The van der Waals surface area contributed by atoms with E-state index in [4.69, 9.17) is 14.6 Å². The highest BCUT2D eigenvalue weighted by molar-refractivity contribution is 7.99. The SMILES string of the molecule is CCC(C)Sc1ccc(C2N[C@@](C)(C(=O)OC)C3C(=O)N(CC)C(=O)C23)cc1.O=C(O)C(F)(F)F. The van der Waals surface area contributed by atoms with Crippen LogP contribution in [0.4, 0.5) is 13.2 Å². The average Bonchev–Trinajstić information content (AvgIpc) is 3.26. The van der Waals surface area contributed by atoms with E-state index in [0.29, 0.717) is 11.8 Å². The van der Waals surface area contributed by atoms with Crippen molar-refractivity contribution in [2.45, 2.75) is 62.0 Å². The Kier molecular flexibility index (Phi) is 8.99. The Bertz CT molecular complexity index is 971. The molecule has 0 radical (unpaired) electrons. The number of ether oxygens (including phenoxy) is 1. The third-order valence-corrected chi connectivity index (χ3v) is 7.48. The van der Waals surface area contributed by atoms with Gasteiger partial charge in [-0.15, -0.1) is 11.8 Å². The number of hydrogen-bond donors (Lipinski definition) is 2. The van der Waals surface area contributed by atoms with Gasteiger partial charge in [0.2, 0.25) is 11.8 Å². The molecule has 2 aliphatic heterocycles. The number of hydrogen-bond acceptors (Lipinski definition) is 7. The molecule has 194 valence electrons. The van der Waals surface area contributed by atoms with Gasteiger partial charge in [-0.1, -0.05) is 26.0 Å². The summed E-state index contributed by atoms with van der Waals surface area (Å²) in [4.78, 5) is 49.7. The molecule has 12 heteroatoms. The van der Waals surface area contributed by atoms with Gasteiger partial charge in [0.05, 0.1) is 18.9 Å². The molecule has 4 unspecified atom stereocenters. The Morgan fingerprint density at radius 1 is 1.20 bits per heavy atom. The van der Waals surface area contributed by atoms with E-state index in [2.05, 4.69) is 19.2 Å². The lowest BCUT2D eigenvalue weighted by atomic mass is 9.80. The summed E-state index contributed by atoms with van der Waals surface area (Å²) in [5.74, 6) is -5.17. The number of rotatable bonds is 6. The second-order valence-electron chi connectivity index (χ2n) is 8.45. The number of halogens is 3. The quantitative estimate of drug-likeness (QED) is 0.335. The van der Waals surface area contributed by atoms with E-state index in [0.717, 1.165) is 16.9 Å². The molecular formula is C23H29F3N2O6S. The van der Waals surface area contributed by atoms with E-state index >= 15 is 0 Å². The van der Waals surface area contributed by atoms with Crippen molar-refractivity contribution in [1.82, 2.24) is 10.2 Å². The lowest BCUT2D eigenvalue weighted by Crippen LogP contribution is -2.53. The van der Waals surface area contributed by atoms with Gasteiger partial charge >= 0.3 is 18.1 Å². The van der Waals surface area contributed by atoms with Crippen LogP contribution in [0.3, 0.4) is 0 Å². The first kappa shape index (κ1) is 28.6. The van der Waals surface area contributed by atoms with E-state index in [-0.39, 0.29) is 11.8 Å². The first-order valence-electron chi connectivity index (χ1n) is 11.0. The lowest BCUT2D eigenvalue weighted by Gasteiger charge is -2.28. The minimum Gasteiger partial charge on any atom is -0.475 e. The number of methoxy groups -OCH3 is 1. The number of likely N-dealkylation sites (tertiary alicyclic amines) is 1. The van der Waals surface area contributed by atoms with E-state index in [1.165, 1.54) is 12.0 Å². The molecule has 0 saturated carbocycles. The van der Waals surface area contributed by atoms with Gasteiger partial charge in [0.25, 0.3) is 0 Å². The number of aliphatic carboxylic acids is 1. The molecule has 2 saturated heterocycles. The van der Waals surface area contributed by atoms with Crippen molar-refractivity contribution in [1.29, 1.82) is 0 Å². The molecule has 35 heavy (non-hydrogen) atoms. The first-order valence-corrected chi connectivity index (χ1v) is 11.9. The van der Waals surface area contributed by atoms with E-state index in [9.17, 15) is 27.6 Å². The van der Waals surface area contributed by atoms with Gasteiger partial charge < -0.3 is 9.84 Å². The molecule has 1 aromatic carbocycles.